The van der Waals surface area contributed by atoms with Crippen molar-refractivity contribution in [2.45, 2.75) is 51.1 Å². The topological polar surface area (TPSA) is 46.3 Å². The molecule has 0 heterocycles. The van der Waals surface area contributed by atoms with Gasteiger partial charge in [0.2, 0.25) is 5.91 Å². The van der Waals surface area contributed by atoms with Crippen LogP contribution >= 0.6 is 11.6 Å². The summed E-state index contributed by atoms with van der Waals surface area (Å²) in [6, 6.07) is 8.21. The lowest BCUT2D eigenvalue weighted by Gasteiger charge is -2.35. The SMILES string of the molecule is CCN(C(=O)Cc1ccccc1Cl)C1CCC(N)CC1. The largest absolute Gasteiger partial charge is 0.340 e. The first-order valence-corrected chi connectivity index (χ1v) is 7.78. The molecule has 1 saturated carbocycles. The van der Waals surface area contributed by atoms with Gasteiger partial charge in [0.1, 0.15) is 0 Å². The maximum atomic E-state index is 12.5. The standard InChI is InChI=1S/C16H23ClN2O/c1-2-19(14-9-7-13(18)8-10-14)16(20)11-12-5-3-4-6-15(12)17/h3-6,13-14H,2,7-11,18H2,1H3. The normalized spacial score (nSPS) is 22.6. The molecule has 1 fully saturated rings. The maximum absolute atomic E-state index is 12.5. The molecule has 0 atom stereocenters. The zero-order valence-electron chi connectivity index (χ0n) is 12.0. The molecule has 0 radical (unpaired) electrons. The van der Waals surface area contributed by atoms with Crippen LogP contribution in [0.25, 0.3) is 0 Å². The number of likely N-dealkylation sites (N-methyl/N-ethyl adjacent to an activating group) is 1. The average Bonchev–Trinajstić information content (AvgIpc) is 2.44. The van der Waals surface area contributed by atoms with E-state index >= 15 is 0 Å². The molecule has 0 bridgehead atoms. The van der Waals surface area contributed by atoms with Crippen LogP contribution in [0.4, 0.5) is 0 Å². The summed E-state index contributed by atoms with van der Waals surface area (Å²) in [5, 5.41) is 0.669. The monoisotopic (exact) mass is 294 g/mol. The average molecular weight is 295 g/mol. The smallest absolute Gasteiger partial charge is 0.227 e. The van der Waals surface area contributed by atoms with E-state index in [0.29, 0.717) is 23.5 Å². The van der Waals surface area contributed by atoms with Crippen molar-refractivity contribution in [1.29, 1.82) is 0 Å². The zero-order chi connectivity index (χ0) is 14.5. The van der Waals surface area contributed by atoms with E-state index in [2.05, 4.69) is 0 Å². The van der Waals surface area contributed by atoms with Gasteiger partial charge in [0.05, 0.1) is 6.42 Å². The highest BCUT2D eigenvalue weighted by Crippen LogP contribution is 2.23. The summed E-state index contributed by atoms with van der Waals surface area (Å²) in [5.74, 6) is 0.168. The summed E-state index contributed by atoms with van der Waals surface area (Å²) >= 11 is 6.13. The fourth-order valence-corrected chi connectivity index (χ4v) is 3.16. The lowest BCUT2D eigenvalue weighted by atomic mass is 9.90. The minimum atomic E-state index is 0.168. The molecule has 0 unspecified atom stereocenters. The molecule has 20 heavy (non-hydrogen) atoms. The summed E-state index contributed by atoms with van der Waals surface area (Å²) in [7, 11) is 0. The van der Waals surface area contributed by atoms with Crippen molar-refractivity contribution < 1.29 is 4.79 Å². The van der Waals surface area contributed by atoms with E-state index in [0.717, 1.165) is 37.8 Å². The summed E-state index contributed by atoms with van der Waals surface area (Å²) in [6.45, 7) is 2.79. The fourth-order valence-electron chi connectivity index (χ4n) is 2.96. The van der Waals surface area contributed by atoms with Gasteiger partial charge < -0.3 is 10.6 Å². The predicted octanol–water partition coefficient (Wildman–Crippen LogP) is 3.00. The lowest BCUT2D eigenvalue weighted by molar-refractivity contribution is -0.133. The summed E-state index contributed by atoms with van der Waals surface area (Å²) in [4.78, 5) is 14.5. The van der Waals surface area contributed by atoms with Crippen LogP contribution in [0.5, 0.6) is 0 Å². The van der Waals surface area contributed by atoms with Crippen molar-refractivity contribution in [3.63, 3.8) is 0 Å². The molecule has 3 nitrogen and oxygen atoms in total. The number of amides is 1. The van der Waals surface area contributed by atoms with Gasteiger partial charge in [0, 0.05) is 23.7 Å². The van der Waals surface area contributed by atoms with Crippen LogP contribution < -0.4 is 5.73 Å². The molecule has 2 rings (SSSR count). The van der Waals surface area contributed by atoms with Gasteiger partial charge >= 0.3 is 0 Å². The predicted molar refractivity (Wildman–Crippen MR) is 82.8 cm³/mol. The molecule has 0 saturated heterocycles. The Labute approximate surface area is 126 Å². The van der Waals surface area contributed by atoms with Crippen molar-refractivity contribution in [1.82, 2.24) is 4.90 Å². The van der Waals surface area contributed by atoms with Crippen molar-refractivity contribution in [2.75, 3.05) is 6.54 Å². The Hall–Kier alpha value is -1.06. The molecule has 1 aliphatic rings. The van der Waals surface area contributed by atoms with Crippen LogP contribution in [0.2, 0.25) is 5.02 Å². The lowest BCUT2D eigenvalue weighted by Crippen LogP contribution is -2.44. The van der Waals surface area contributed by atoms with Gasteiger partial charge in [-0.3, -0.25) is 4.79 Å². The molecule has 0 aromatic heterocycles. The van der Waals surface area contributed by atoms with E-state index in [4.69, 9.17) is 17.3 Å². The first kappa shape index (κ1) is 15.3. The number of hydrogen-bond donors (Lipinski definition) is 1. The van der Waals surface area contributed by atoms with Crippen LogP contribution in [0, 0.1) is 0 Å². The van der Waals surface area contributed by atoms with Gasteiger partial charge in [-0.15, -0.1) is 0 Å². The van der Waals surface area contributed by atoms with Crippen LogP contribution in [-0.4, -0.2) is 29.4 Å². The van der Waals surface area contributed by atoms with Crippen molar-refractivity contribution in [2.24, 2.45) is 5.73 Å². The van der Waals surface area contributed by atoms with Crippen LogP contribution in [0.3, 0.4) is 0 Å². The Morgan fingerprint density at radius 1 is 1.30 bits per heavy atom. The maximum Gasteiger partial charge on any atom is 0.227 e. The minimum absolute atomic E-state index is 0.168. The second-order valence-corrected chi connectivity index (χ2v) is 5.92. The molecule has 4 heteroatoms. The van der Waals surface area contributed by atoms with E-state index in [1.54, 1.807) is 0 Å². The minimum Gasteiger partial charge on any atom is -0.340 e. The summed E-state index contributed by atoms with van der Waals surface area (Å²) < 4.78 is 0. The summed E-state index contributed by atoms with van der Waals surface area (Å²) in [5.41, 5.74) is 6.84. The van der Waals surface area contributed by atoms with Gasteiger partial charge in [-0.1, -0.05) is 29.8 Å². The Kier molecular flexibility index (Phi) is 5.44. The van der Waals surface area contributed by atoms with Gasteiger partial charge in [-0.25, -0.2) is 0 Å². The van der Waals surface area contributed by atoms with Crippen LogP contribution in [-0.2, 0) is 11.2 Å². The third-order valence-corrected chi connectivity index (χ3v) is 4.51. The summed E-state index contributed by atoms with van der Waals surface area (Å²) in [6.07, 6.45) is 4.45. The first-order valence-electron chi connectivity index (χ1n) is 7.40. The van der Waals surface area contributed by atoms with E-state index in [1.807, 2.05) is 36.1 Å². The van der Waals surface area contributed by atoms with Crippen molar-refractivity contribution in [3.05, 3.63) is 34.9 Å². The fraction of sp³-hybridized carbons (Fsp3) is 0.562. The molecule has 1 amide bonds. The molecule has 0 aliphatic heterocycles. The zero-order valence-corrected chi connectivity index (χ0v) is 12.8. The highest BCUT2D eigenvalue weighted by molar-refractivity contribution is 6.31. The van der Waals surface area contributed by atoms with Gasteiger partial charge in [0.15, 0.2) is 0 Å². The Balaban J connectivity index is 2.00. The molecule has 2 N–H and O–H groups in total. The number of carbonyl (C=O) groups excluding carboxylic acids is 1. The van der Waals surface area contributed by atoms with E-state index in [9.17, 15) is 4.79 Å². The number of nitrogens with zero attached hydrogens (tertiary/aromatic N) is 1. The number of benzene rings is 1. The number of carbonyl (C=O) groups is 1. The number of nitrogens with two attached hydrogens (primary N) is 1. The Bertz CT molecular complexity index is 456. The second-order valence-electron chi connectivity index (χ2n) is 5.52. The molecular formula is C16H23ClN2O. The van der Waals surface area contributed by atoms with Crippen LogP contribution in [0.15, 0.2) is 24.3 Å². The van der Waals surface area contributed by atoms with Gasteiger partial charge in [0.25, 0.3) is 0 Å². The van der Waals surface area contributed by atoms with E-state index in [-0.39, 0.29) is 5.91 Å². The van der Waals surface area contributed by atoms with Crippen molar-refractivity contribution in [3.8, 4) is 0 Å². The molecular weight excluding hydrogens is 272 g/mol. The molecule has 1 aliphatic carbocycles. The van der Waals surface area contributed by atoms with Crippen LogP contribution in [0.1, 0.15) is 38.2 Å². The Morgan fingerprint density at radius 2 is 1.95 bits per heavy atom. The highest BCUT2D eigenvalue weighted by atomic mass is 35.5. The molecule has 110 valence electrons. The first-order chi connectivity index (χ1) is 9.61. The highest BCUT2D eigenvalue weighted by Gasteiger charge is 2.26. The van der Waals surface area contributed by atoms with E-state index < -0.39 is 0 Å². The van der Waals surface area contributed by atoms with Gasteiger partial charge in [-0.2, -0.15) is 0 Å². The number of rotatable bonds is 4. The van der Waals surface area contributed by atoms with Crippen molar-refractivity contribution >= 4 is 17.5 Å². The molecule has 1 aromatic rings. The third-order valence-electron chi connectivity index (χ3n) is 4.14. The molecule has 0 spiro atoms. The quantitative estimate of drug-likeness (QED) is 0.928. The number of halogens is 1. The Morgan fingerprint density at radius 3 is 2.55 bits per heavy atom. The van der Waals surface area contributed by atoms with Gasteiger partial charge in [-0.05, 0) is 44.2 Å². The number of hydrogen-bond acceptors (Lipinski definition) is 2. The second kappa shape index (κ2) is 7.09. The molecule has 1 aromatic carbocycles. The van der Waals surface area contributed by atoms with E-state index in [1.165, 1.54) is 0 Å². The third kappa shape index (κ3) is 3.74.